The number of hydrogen-bond acceptors (Lipinski definition) is 4. The van der Waals surface area contributed by atoms with Crippen molar-refractivity contribution in [2.75, 3.05) is 17.7 Å². The zero-order chi connectivity index (χ0) is 18.5. The number of amides is 1. The first-order valence-corrected chi connectivity index (χ1v) is 8.31. The lowest BCUT2D eigenvalue weighted by atomic mass is 10.1. The van der Waals surface area contributed by atoms with Gasteiger partial charge in [0.1, 0.15) is 11.4 Å². The summed E-state index contributed by atoms with van der Waals surface area (Å²) in [4.78, 5) is 16.7. The van der Waals surface area contributed by atoms with Gasteiger partial charge in [-0.1, -0.05) is 24.3 Å². The van der Waals surface area contributed by atoms with E-state index in [-0.39, 0.29) is 5.91 Å². The van der Waals surface area contributed by atoms with Crippen molar-refractivity contribution in [1.29, 1.82) is 0 Å². The number of nitrogens with zero attached hydrogens (tertiary/aromatic N) is 1. The Kier molecular flexibility index (Phi) is 5.17. The van der Waals surface area contributed by atoms with E-state index >= 15 is 0 Å². The molecule has 1 aromatic heterocycles. The number of hydrogen-bond donors (Lipinski definition) is 2. The Labute approximate surface area is 153 Å². The second kappa shape index (κ2) is 7.70. The molecule has 0 aliphatic rings. The summed E-state index contributed by atoms with van der Waals surface area (Å²) in [7, 11) is 1.57. The maximum Gasteiger partial charge on any atom is 0.274 e. The lowest BCUT2D eigenvalue weighted by Gasteiger charge is -2.12. The molecule has 0 aliphatic carbocycles. The predicted octanol–water partition coefficient (Wildman–Crippen LogP) is 4.70. The quantitative estimate of drug-likeness (QED) is 0.702. The first kappa shape index (κ1) is 17.5. The van der Waals surface area contributed by atoms with Gasteiger partial charge in [0.05, 0.1) is 12.8 Å². The lowest BCUT2D eigenvalue weighted by molar-refractivity contribution is 0.102. The van der Waals surface area contributed by atoms with E-state index in [1.807, 2.05) is 32.0 Å². The SMILES string of the molecule is COc1ccccc1NC(=O)c1cc(Nc2cc(C)ccc2C)ccn1. The third kappa shape index (κ3) is 4.00. The maximum atomic E-state index is 12.6. The molecule has 0 unspecified atom stereocenters. The van der Waals surface area contributed by atoms with E-state index in [0.717, 1.165) is 16.9 Å². The van der Waals surface area contributed by atoms with Crippen LogP contribution in [0.3, 0.4) is 0 Å². The van der Waals surface area contributed by atoms with Crippen molar-refractivity contribution in [1.82, 2.24) is 4.98 Å². The average molecular weight is 347 g/mol. The summed E-state index contributed by atoms with van der Waals surface area (Å²) in [6, 6.07) is 17.0. The number of ether oxygens (including phenoxy) is 1. The minimum absolute atomic E-state index is 0.292. The van der Waals surface area contributed by atoms with Crippen molar-refractivity contribution in [3.05, 3.63) is 77.6 Å². The standard InChI is InChI=1S/C21H21N3O2/c1-14-8-9-15(2)18(12-14)23-16-10-11-22-19(13-16)21(25)24-17-6-4-5-7-20(17)26-3/h4-13H,1-3H3,(H,22,23)(H,24,25). The highest BCUT2D eigenvalue weighted by molar-refractivity contribution is 6.04. The predicted molar refractivity (Wildman–Crippen MR) is 104 cm³/mol. The van der Waals surface area contributed by atoms with Crippen LogP contribution in [0.25, 0.3) is 0 Å². The summed E-state index contributed by atoms with van der Waals surface area (Å²) in [5.74, 6) is 0.310. The fraction of sp³-hybridized carbons (Fsp3) is 0.143. The van der Waals surface area contributed by atoms with E-state index in [9.17, 15) is 4.79 Å². The number of anilines is 3. The van der Waals surface area contributed by atoms with Crippen molar-refractivity contribution in [3.8, 4) is 5.75 Å². The normalized spacial score (nSPS) is 10.3. The Morgan fingerprint density at radius 1 is 1.00 bits per heavy atom. The van der Waals surface area contributed by atoms with E-state index in [2.05, 4.69) is 33.8 Å². The first-order chi connectivity index (χ1) is 12.6. The maximum absolute atomic E-state index is 12.6. The van der Waals surface area contributed by atoms with Gasteiger partial charge in [0.15, 0.2) is 0 Å². The van der Waals surface area contributed by atoms with Gasteiger partial charge in [-0.15, -0.1) is 0 Å². The van der Waals surface area contributed by atoms with Gasteiger partial charge in [-0.05, 0) is 55.3 Å². The third-order valence-corrected chi connectivity index (χ3v) is 4.02. The van der Waals surface area contributed by atoms with Crippen LogP contribution < -0.4 is 15.4 Å². The Bertz CT molecular complexity index is 938. The number of nitrogens with one attached hydrogen (secondary N) is 2. The van der Waals surface area contributed by atoms with E-state index in [1.54, 1.807) is 31.5 Å². The fourth-order valence-electron chi connectivity index (χ4n) is 2.59. The van der Waals surface area contributed by atoms with Crippen LogP contribution >= 0.6 is 0 Å². The van der Waals surface area contributed by atoms with E-state index in [1.165, 1.54) is 5.56 Å². The number of rotatable bonds is 5. The lowest BCUT2D eigenvalue weighted by Crippen LogP contribution is -2.14. The summed E-state index contributed by atoms with van der Waals surface area (Å²) < 4.78 is 5.26. The summed E-state index contributed by atoms with van der Waals surface area (Å²) in [5, 5.41) is 6.19. The van der Waals surface area contributed by atoms with Crippen LogP contribution in [-0.2, 0) is 0 Å². The largest absolute Gasteiger partial charge is 0.495 e. The number of para-hydroxylation sites is 2. The summed E-state index contributed by atoms with van der Waals surface area (Å²) >= 11 is 0. The molecule has 0 fully saturated rings. The molecule has 5 heteroatoms. The van der Waals surface area contributed by atoms with Crippen LogP contribution in [0.5, 0.6) is 5.75 Å². The molecule has 0 aliphatic heterocycles. The van der Waals surface area contributed by atoms with Gasteiger partial charge >= 0.3 is 0 Å². The van der Waals surface area contributed by atoms with Gasteiger partial charge in [-0.2, -0.15) is 0 Å². The number of benzene rings is 2. The van der Waals surface area contributed by atoms with Crippen LogP contribution in [0.15, 0.2) is 60.8 Å². The Morgan fingerprint density at radius 2 is 1.81 bits per heavy atom. The van der Waals surface area contributed by atoms with Crippen LogP contribution in [0.1, 0.15) is 21.6 Å². The van der Waals surface area contributed by atoms with Gasteiger partial charge in [0, 0.05) is 17.6 Å². The zero-order valence-electron chi connectivity index (χ0n) is 15.0. The minimum Gasteiger partial charge on any atom is -0.495 e. The number of aromatic nitrogens is 1. The molecule has 3 rings (SSSR count). The molecule has 0 spiro atoms. The highest BCUT2D eigenvalue weighted by atomic mass is 16.5. The van der Waals surface area contributed by atoms with Crippen LogP contribution in [-0.4, -0.2) is 18.0 Å². The Hall–Kier alpha value is -3.34. The second-order valence-corrected chi connectivity index (χ2v) is 6.03. The minimum atomic E-state index is -0.292. The highest BCUT2D eigenvalue weighted by Gasteiger charge is 2.11. The number of pyridine rings is 1. The molecule has 2 N–H and O–H groups in total. The van der Waals surface area contributed by atoms with Gasteiger partial charge in [-0.3, -0.25) is 9.78 Å². The molecule has 0 saturated heterocycles. The fourth-order valence-corrected chi connectivity index (χ4v) is 2.59. The Balaban J connectivity index is 1.80. The molecular formula is C21H21N3O2. The summed E-state index contributed by atoms with van der Waals surface area (Å²) in [6.07, 6.45) is 1.62. The van der Waals surface area contributed by atoms with Gasteiger partial charge in [-0.25, -0.2) is 0 Å². The molecule has 3 aromatic rings. The van der Waals surface area contributed by atoms with E-state index in [0.29, 0.717) is 17.1 Å². The molecule has 1 heterocycles. The molecule has 0 bridgehead atoms. The van der Waals surface area contributed by atoms with Crippen molar-refractivity contribution in [2.24, 2.45) is 0 Å². The van der Waals surface area contributed by atoms with Crippen molar-refractivity contribution >= 4 is 23.0 Å². The smallest absolute Gasteiger partial charge is 0.274 e. The topological polar surface area (TPSA) is 63.2 Å². The molecule has 132 valence electrons. The van der Waals surface area contributed by atoms with Crippen LogP contribution in [0, 0.1) is 13.8 Å². The third-order valence-electron chi connectivity index (χ3n) is 4.02. The van der Waals surface area contributed by atoms with Crippen LogP contribution in [0.2, 0.25) is 0 Å². The second-order valence-electron chi connectivity index (χ2n) is 6.03. The summed E-state index contributed by atoms with van der Waals surface area (Å²) in [6.45, 7) is 4.08. The van der Waals surface area contributed by atoms with Gasteiger partial charge in [0.2, 0.25) is 0 Å². The van der Waals surface area contributed by atoms with Gasteiger partial charge < -0.3 is 15.4 Å². The van der Waals surface area contributed by atoms with Crippen molar-refractivity contribution in [3.63, 3.8) is 0 Å². The number of carbonyl (C=O) groups excluding carboxylic acids is 1. The highest BCUT2D eigenvalue weighted by Crippen LogP contribution is 2.25. The Morgan fingerprint density at radius 3 is 2.62 bits per heavy atom. The van der Waals surface area contributed by atoms with Gasteiger partial charge in [0.25, 0.3) is 5.91 Å². The van der Waals surface area contributed by atoms with E-state index < -0.39 is 0 Å². The molecule has 1 amide bonds. The zero-order valence-corrected chi connectivity index (χ0v) is 15.0. The molecular weight excluding hydrogens is 326 g/mol. The van der Waals surface area contributed by atoms with Crippen LogP contribution in [0.4, 0.5) is 17.1 Å². The molecule has 5 nitrogen and oxygen atoms in total. The van der Waals surface area contributed by atoms with Crippen molar-refractivity contribution < 1.29 is 9.53 Å². The number of aryl methyl sites for hydroxylation is 2. The molecule has 0 saturated carbocycles. The first-order valence-electron chi connectivity index (χ1n) is 8.31. The molecule has 0 atom stereocenters. The van der Waals surface area contributed by atoms with Crippen molar-refractivity contribution in [2.45, 2.75) is 13.8 Å². The monoisotopic (exact) mass is 347 g/mol. The summed E-state index contributed by atoms with van der Waals surface area (Å²) in [5.41, 5.74) is 5.04. The number of carbonyl (C=O) groups is 1. The number of methoxy groups -OCH3 is 1. The molecule has 0 radical (unpaired) electrons. The molecule has 26 heavy (non-hydrogen) atoms. The molecule has 2 aromatic carbocycles. The average Bonchev–Trinajstić information content (AvgIpc) is 2.65. The van der Waals surface area contributed by atoms with E-state index in [4.69, 9.17) is 4.74 Å².